The van der Waals surface area contributed by atoms with E-state index in [2.05, 4.69) is 9.97 Å². The zero-order valence-corrected chi connectivity index (χ0v) is 10.2. The first-order chi connectivity index (χ1) is 9.18. The summed E-state index contributed by atoms with van der Waals surface area (Å²) in [4.78, 5) is 19.8. The summed E-state index contributed by atoms with van der Waals surface area (Å²) in [5.41, 5.74) is 2.52. The quantitative estimate of drug-likeness (QED) is 0.761. The van der Waals surface area contributed by atoms with Crippen molar-refractivity contribution in [1.29, 1.82) is 0 Å². The van der Waals surface area contributed by atoms with E-state index in [0.717, 1.165) is 11.0 Å². The average molecular weight is 253 g/mol. The topological polar surface area (TPSA) is 68.0 Å². The zero-order valence-electron chi connectivity index (χ0n) is 10.2. The lowest BCUT2D eigenvalue weighted by Gasteiger charge is -2.05. The van der Waals surface area contributed by atoms with Crippen molar-refractivity contribution in [3.8, 4) is 11.4 Å². The fourth-order valence-corrected chi connectivity index (χ4v) is 2.14. The van der Waals surface area contributed by atoms with E-state index in [9.17, 15) is 9.90 Å². The molecule has 5 heteroatoms. The van der Waals surface area contributed by atoms with Gasteiger partial charge in [-0.1, -0.05) is 18.2 Å². The highest BCUT2D eigenvalue weighted by Gasteiger charge is 2.16. The number of imidazole rings is 1. The largest absolute Gasteiger partial charge is 0.478 e. The summed E-state index contributed by atoms with van der Waals surface area (Å²) in [6.45, 7) is 0. The molecule has 0 spiro atoms. The van der Waals surface area contributed by atoms with Crippen LogP contribution < -0.4 is 0 Å². The summed E-state index contributed by atoms with van der Waals surface area (Å²) >= 11 is 0. The minimum absolute atomic E-state index is 0.244. The van der Waals surface area contributed by atoms with Gasteiger partial charge in [0.1, 0.15) is 5.82 Å². The molecule has 0 fully saturated rings. The van der Waals surface area contributed by atoms with Crippen LogP contribution in [0.15, 0.2) is 42.7 Å². The van der Waals surface area contributed by atoms with Crippen LogP contribution in [0.5, 0.6) is 0 Å². The molecule has 3 rings (SSSR count). The number of rotatable bonds is 2. The second-order valence-corrected chi connectivity index (χ2v) is 4.21. The van der Waals surface area contributed by atoms with Gasteiger partial charge < -0.3 is 9.67 Å². The maximum atomic E-state index is 11.3. The van der Waals surface area contributed by atoms with E-state index >= 15 is 0 Å². The van der Waals surface area contributed by atoms with Gasteiger partial charge in [-0.3, -0.25) is 4.98 Å². The predicted octanol–water partition coefficient (Wildman–Crippen LogP) is 2.33. The van der Waals surface area contributed by atoms with E-state index in [0.29, 0.717) is 11.4 Å². The second-order valence-electron chi connectivity index (χ2n) is 4.21. The lowest BCUT2D eigenvalue weighted by atomic mass is 10.1. The SMILES string of the molecule is Cn1c(-c2ccccc2C(=O)O)nc2ccncc21. The second kappa shape index (κ2) is 4.20. The first kappa shape index (κ1) is 11.4. The number of carboxylic acid groups (broad SMARTS) is 1. The number of aryl methyl sites for hydroxylation is 1. The maximum absolute atomic E-state index is 11.3. The first-order valence-corrected chi connectivity index (χ1v) is 5.77. The smallest absolute Gasteiger partial charge is 0.336 e. The Kier molecular flexibility index (Phi) is 2.52. The van der Waals surface area contributed by atoms with E-state index in [4.69, 9.17) is 0 Å². The molecule has 0 atom stereocenters. The summed E-state index contributed by atoms with van der Waals surface area (Å²) in [6.07, 6.45) is 3.39. The summed E-state index contributed by atoms with van der Waals surface area (Å²) in [6, 6.07) is 8.66. The van der Waals surface area contributed by atoms with Crippen LogP contribution in [0.3, 0.4) is 0 Å². The van der Waals surface area contributed by atoms with Crippen LogP contribution in [0.1, 0.15) is 10.4 Å². The van der Waals surface area contributed by atoms with Gasteiger partial charge in [0.2, 0.25) is 0 Å². The monoisotopic (exact) mass is 253 g/mol. The normalized spacial score (nSPS) is 10.8. The Morgan fingerprint density at radius 3 is 2.79 bits per heavy atom. The average Bonchev–Trinajstić information content (AvgIpc) is 2.76. The van der Waals surface area contributed by atoms with Gasteiger partial charge in [-0.05, 0) is 12.1 Å². The van der Waals surface area contributed by atoms with Crippen LogP contribution in [0.2, 0.25) is 0 Å². The molecular weight excluding hydrogens is 242 g/mol. The highest BCUT2D eigenvalue weighted by molar-refractivity contribution is 5.96. The van der Waals surface area contributed by atoms with E-state index in [1.54, 1.807) is 36.7 Å². The molecule has 3 aromatic rings. The third-order valence-electron chi connectivity index (χ3n) is 3.08. The number of fused-ring (bicyclic) bond motifs is 1. The standard InChI is InChI=1S/C14H11N3O2/c1-17-12-8-15-7-6-11(12)16-13(17)9-4-2-3-5-10(9)14(18)19/h2-8H,1H3,(H,18,19). The Bertz CT molecular complexity index is 777. The fourth-order valence-electron chi connectivity index (χ4n) is 2.14. The minimum atomic E-state index is -0.958. The third-order valence-corrected chi connectivity index (χ3v) is 3.08. The van der Waals surface area contributed by atoms with Crippen molar-refractivity contribution in [3.05, 3.63) is 48.3 Å². The van der Waals surface area contributed by atoms with Gasteiger partial charge >= 0.3 is 5.97 Å². The highest BCUT2D eigenvalue weighted by atomic mass is 16.4. The number of benzene rings is 1. The number of carboxylic acids is 1. The molecule has 1 N–H and O–H groups in total. The van der Waals surface area contributed by atoms with Gasteiger partial charge in [0.05, 0.1) is 22.8 Å². The van der Waals surface area contributed by atoms with Gasteiger partial charge in [0.15, 0.2) is 0 Å². The molecule has 0 bridgehead atoms. The van der Waals surface area contributed by atoms with Gasteiger partial charge in [-0.2, -0.15) is 0 Å². The Morgan fingerprint density at radius 2 is 2.05 bits per heavy atom. The molecule has 5 nitrogen and oxygen atoms in total. The molecule has 0 unspecified atom stereocenters. The predicted molar refractivity (Wildman–Crippen MR) is 70.9 cm³/mol. The van der Waals surface area contributed by atoms with E-state index in [1.165, 1.54) is 0 Å². The van der Waals surface area contributed by atoms with Crippen LogP contribution in [0.4, 0.5) is 0 Å². The van der Waals surface area contributed by atoms with Crippen molar-refractivity contribution in [2.45, 2.75) is 0 Å². The van der Waals surface area contributed by atoms with Crippen LogP contribution in [0, 0.1) is 0 Å². The molecular formula is C14H11N3O2. The van der Waals surface area contributed by atoms with Gasteiger partial charge in [-0.25, -0.2) is 9.78 Å². The Hall–Kier alpha value is -2.69. The molecule has 1 aromatic carbocycles. The molecule has 94 valence electrons. The van der Waals surface area contributed by atoms with Crippen LogP contribution in [-0.2, 0) is 7.05 Å². The number of hydrogen-bond acceptors (Lipinski definition) is 3. The molecule has 0 radical (unpaired) electrons. The molecule has 0 saturated heterocycles. The molecule has 0 aliphatic rings. The number of hydrogen-bond donors (Lipinski definition) is 1. The van der Waals surface area contributed by atoms with Crippen molar-refractivity contribution in [2.75, 3.05) is 0 Å². The number of aromatic nitrogens is 3. The third kappa shape index (κ3) is 1.76. The molecule has 19 heavy (non-hydrogen) atoms. The maximum Gasteiger partial charge on any atom is 0.336 e. The molecule has 2 heterocycles. The fraction of sp³-hybridized carbons (Fsp3) is 0.0714. The molecule has 2 aromatic heterocycles. The molecule has 0 amide bonds. The van der Waals surface area contributed by atoms with Crippen LogP contribution >= 0.6 is 0 Å². The van der Waals surface area contributed by atoms with E-state index in [-0.39, 0.29) is 5.56 Å². The van der Waals surface area contributed by atoms with E-state index in [1.807, 2.05) is 17.7 Å². The van der Waals surface area contributed by atoms with Crippen LogP contribution in [0.25, 0.3) is 22.4 Å². The van der Waals surface area contributed by atoms with E-state index < -0.39 is 5.97 Å². The Morgan fingerprint density at radius 1 is 1.26 bits per heavy atom. The van der Waals surface area contributed by atoms with Crippen molar-refractivity contribution < 1.29 is 9.90 Å². The minimum Gasteiger partial charge on any atom is -0.478 e. The zero-order chi connectivity index (χ0) is 13.4. The van der Waals surface area contributed by atoms with Crippen molar-refractivity contribution in [3.63, 3.8) is 0 Å². The number of pyridine rings is 1. The summed E-state index contributed by atoms with van der Waals surface area (Å²) in [7, 11) is 1.85. The number of aromatic carboxylic acids is 1. The molecule has 0 aliphatic carbocycles. The Labute approximate surface area is 109 Å². The highest BCUT2D eigenvalue weighted by Crippen LogP contribution is 2.25. The summed E-state index contributed by atoms with van der Waals surface area (Å²) < 4.78 is 1.85. The lowest BCUT2D eigenvalue weighted by Crippen LogP contribution is -2.02. The van der Waals surface area contributed by atoms with Crippen molar-refractivity contribution >= 4 is 17.0 Å². The molecule has 0 aliphatic heterocycles. The summed E-state index contributed by atoms with van der Waals surface area (Å²) in [5, 5.41) is 9.24. The number of nitrogens with zero attached hydrogens (tertiary/aromatic N) is 3. The summed E-state index contributed by atoms with van der Waals surface area (Å²) in [5.74, 6) is -0.332. The lowest BCUT2D eigenvalue weighted by molar-refractivity contribution is 0.0697. The van der Waals surface area contributed by atoms with Gasteiger partial charge in [0.25, 0.3) is 0 Å². The van der Waals surface area contributed by atoms with Crippen LogP contribution in [-0.4, -0.2) is 25.6 Å². The van der Waals surface area contributed by atoms with Gasteiger partial charge in [0, 0.05) is 18.8 Å². The number of carbonyl (C=O) groups is 1. The Balaban J connectivity index is 2.31. The first-order valence-electron chi connectivity index (χ1n) is 5.77. The molecule has 0 saturated carbocycles. The van der Waals surface area contributed by atoms with Crippen molar-refractivity contribution in [2.24, 2.45) is 7.05 Å². The van der Waals surface area contributed by atoms with Gasteiger partial charge in [-0.15, -0.1) is 0 Å². The van der Waals surface area contributed by atoms with Crippen molar-refractivity contribution in [1.82, 2.24) is 14.5 Å².